The van der Waals surface area contributed by atoms with Crippen LogP contribution in [0.5, 0.6) is 0 Å². The van der Waals surface area contributed by atoms with Gasteiger partial charge in [0.05, 0.1) is 5.60 Å². The van der Waals surface area contributed by atoms with Crippen molar-refractivity contribution >= 4 is 11.6 Å². The predicted molar refractivity (Wildman–Crippen MR) is 80.2 cm³/mol. The average molecular weight is 280 g/mol. The number of rotatable bonds is 7. The second kappa shape index (κ2) is 7.26. The molecule has 0 saturated heterocycles. The maximum Gasteiger partial charge on any atom is 0.251 e. The molecule has 2 N–H and O–H groups in total. The van der Waals surface area contributed by atoms with Gasteiger partial charge in [-0.2, -0.15) is 0 Å². The zero-order valence-corrected chi connectivity index (χ0v) is 12.6. The summed E-state index contributed by atoms with van der Waals surface area (Å²) < 4.78 is 4.93. The van der Waals surface area contributed by atoms with Crippen molar-refractivity contribution in [3.63, 3.8) is 0 Å². The Kier molecular flexibility index (Phi) is 5.98. The van der Waals surface area contributed by atoms with Crippen LogP contribution < -0.4 is 10.2 Å². The number of hydrogen-bond donors (Lipinski definition) is 2. The molecule has 0 saturated carbocycles. The monoisotopic (exact) mass is 280 g/mol. The number of hydrogen-bond acceptors (Lipinski definition) is 4. The third-order valence-corrected chi connectivity index (χ3v) is 3.12. The number of carbonyl (C=O) groups is 1. The van der Waals surface area contributed by atoms with E-state index < -0.39 is 5.60 Å². The first-order valence-corrected chi connectivity index (χ1v) is 6.62. The van der Waals surface area contributed by atoms with Crippen LogP contribution in [-0.4, -0.2) is 51.0 Å². The minimum absolute atomic E-state index is 0.187. The minimum Gasteiger partial charge on any atom is -0.388 e. The predicted octanol–water partition coefficient (Wildman–Crippen LogP) is 1.27. The molecule has 0 bridgehead atoms. The van der Waals surface area contributed by atoms with Gasteiger partial charge in [0.25, 0.3) is 5.91 Å². The fourth-order valence-electron chi connectivity index (χ4n) is 1.69. The summed E-state index contributed by atoms with van der Waals surface area (Å²) in [4.78, 5) is 13.9. The molecule has 5 heteroatoms. The van der Waals surface area contributed by atoms with Crippen molar-refractivity contribution in [2.45, 2.75) is 18.9 Å². The van der Waals surface area contributed by atoms with Crippen LogP contribution in [0.25, 0.3) is 0 Å². The quantitative estimate of drug-likeness (QED) is 0.789. The molecule has 0 heterocycles. The zero-order valence-electron chi connectivity index (χ0n) is 12.6. The van der Waals surface area contributed by atoms with Crippen LogP contribution in [0.2, 0.25) is 0 Å². The van der Waals surface area contributed by atoms with E-state index in [1.54, 1.807) is 26.2 Å². The average Bonchev–Trinajstić information content (AvgIpc) is 2.43. The zero-order chi connectivity index (χ0) is 15.2. The number of aliphatic hydroxyl groups is 1. The molecule has 1 rings (SSSR count). The van der Waals surface area contributed by atoms with Gasteiger partial charge in [-0.25, -0.2) is 0 Å². The van der Waals surface area contributed by atoms with E-state index in [0.717, 1.165) is 5.69 Å². The summed E-state index contributed by atoms with van der Waals surface area (Å²) in [5.41, 5.74) is 0.654. The lowest BCUT2D eigenvalue weighted by Gasteiger charge is -2.23. The molecule has 1 aromatic rings. The molecule has 1 unspecified atom stereocenters. The van der Waals surface area contributed by atoms with E-state index >= 15 is 0 Å². The second-order valence-electron chi connectivity index (χ2n) is 5.36. The first kappa shape index (κ1) is 16.5. The summed E-state index contributed by atoms with van der Waals surface area (Å²) in [7, 11) is 5.48. The summed E-state index contributed by atoms with van der Waals surface area (Å²) in [5, 5.41) is 12.8. The van der Waals surface area contributed by atoms with E-state index in [1.807, 2.05) is 31.1 Å². The van der Waals surface area contributed by atoms with Gasteiger partial charge in [0, 0.05) is 52.0 Å². The van der Waals surface area contributed by atoms with Crippen molar-refractivity contribution in [1.29, 1.82) is 0 Å². The highest BCUT2D eigenvalue weighted by atomic mass is 16.5. The number of anilines is 1. The van der Waals surface area contributed by atoms with Crippen LogP contribution in [0.1, 0.15) is 23.7 Å². The van der Waals surface area contributed by atoms with Crippen LogP contribution in [0, 0.1) is 0 Å². The Hall–Kier alpha value is -1.59. The molecule has 20 heavy (non-hydrogen) atoms. The van der Waals surface area contributed by atoms with Crippen LogP contribution in [0.15, 0.2) is 24.3 Å². The Morgan fingerprint density at radius 3 is 2.45 bits per heavy atom. The van der Waals surface area contributed by atoms with Gasteiger partial charge >= 0.3 is 0 Å². The van der Waals surface area contributed by atoms with Crippen molar-refractivity contribution in [1.82, 2.24) is 5.32 Å². The summed E-state index contributed by atoms with van der Waals surface area (Å²) in [5.74, 6) is -0.187. The third-order valence-electron chi connectivity index (χ3n) is 3.12. The van der Waals surface area contributed by atoms with Crippen molar-refractivity contribution in [2.24, 2.45) is 0 Å². The normalized spacial score (nSPS) is 13.7. The van der Waals surface area contributed by atoms with Crippen molar-refractivity contribution < 1.29 is 14.6 Å². The molecule has 1 aromatic carbocycles. The lowest BCUT2D eigenvalue weighted by molar-refractivity contribution is 0.0243. The van der Waals surface area contributed by atoms with Gasteiger partial charge in [-0.15, -0.1) is 0 Å². The topological polar surface area (TPSA) is 61.8 Å². The Morgan fingerprint density at radius 1 is 1.35 bits per heavy atom. The highest BCUT2D eigenvalue weighted by Gasteiger charge is 2.21. The van der Waals surface area contributed by atoms with E-state index in [2.05, 4.69) is 5.32 Å². The minimum atomic E-state index is -0.963. The number of methoxy groups -OCH3 is 1. The summed E-state index contributed by atoms with van der Waals surface area (Å²) in [6.07, 6.45) is 0.476. The number of carbonyl (C=O) groups excluding carboxylic acids is 1. The molecule has 112 valence electrons. The summed E-state index contributed by atoms with van der Waals surface area (Å²) >= 11 is 0. The van der Waals surface area contributed by atoms with Gasteiger partial charge in [-0.05, 0) is 31.2 Å². The molecular weight excluding hydrogens is 256 g/mol. The Bertz CT molecular complexity index is 427. The molecule has 0 aromatic heterocycles. The van der Waals surface area contributed by atoms with Gasteiger partial charge in [0.2, 0.25) is 0 Å². The molecule has 1 amide bonds. The Balaban J connectivity index is 2.54. The van der Waals surface area contributed by atoms with E-state index in [-0.39, 0.29) is 12.5 Å². The molecule has 1 atom stereocenters. The lowest BCUT2D eigenvalue weighted by atomic mass is 10.0. The summed E-state index contributed by atoms with van der Waals surface area (Å²) in [6, 6.07) is 7.32. The number of ether oxygens (including phenoxy) is 1. The van der Waals surface area contributed by atoms with Gasteiger partial charge in [0.15, 0.2) is 0 Å². The van der Waals surface area contributed by atoms with E-state index in [1.165, 1.54) is 0 Å². The van der Waals surface area contributed by atoms with Gasteiger partial charge in [-0.1, -0.05) is 0 Å². The van der Waals surface area contributed by atoms with Crippen molar-refractivity contribution in [3.05, 3.63) is 29.8 Å². The Morgan fingerprint density at radius 2 is 1.95 bits per heavy atom. The van der Waals surface area contributed by atoms with Crippen LogP contribution in [0.3, 0.4) is 0 Å². The van der Waals surface area contributed by atoms with Gasteiger partial charge < -0.3 is 20.1 Å². The number of nitrogens with zero attached hydrogens (tertiary/aromatic N) is 1. The first-order chi connectivity index (χ1) is 9.35. The van der Waals surface area contributed by atoms with Crippen LogP contribution in [-0.2, 0) is 4.74 Å². The van der Waals surface area contributed by atoms with Crippen LogP contribution >= 0.6 is 0 Å². The molecule has 0 aliphatic heterocycles. The second-order valence-corrected chi connectivity index (χ2v) is 5.36. The maximum absolute atomic E-state index is 12.0. The largest absolute Gasteiger partial charge is 0.388 e. The molecule has 0 aliphatic carbocycles. The van der Waals surface area contributed by atoms with E-state index in [4.69, 9.17) is 4.74 Å². The van der Waals surface area contributed by atoms with Gasteiger partial charge in [0.1, 0.15) is 0 Å². The van der Waals surface area contributed by atoms with Crippen LogP contribution in [0.4, 0.5) is 5.69 Å². The smallest absolute Gasteiger partial charge is 0.251 e. The highest BCUT2D eigenvalue weighted by Crippen LogP contribution is 2.13. The number of amides is 1. The lowest BCUT2D eigenvalue weighted by Crippen LogP contribution is -2.41. The van der Waals surface area contributed by atoms with Crippen molar-refractivity contribution in [3.8, 4) is 0 Å². The van der Waals surface area contributed by atoms with Gasteiger partial charge in [-0.3, -0.25) is 4.79 Å². The summed E-state index contributed by atoms with van der Waals surface area (Å²) in [6.45, 7) is 2.34. The molecule has 0 fully saturated rings. The third kappa shape index (κ3) is 5.19. The maximum atomic E-state index is 12.0. The molecule has 0 aliphatic rings. The molecule has 0 spiro atoms. The Labute approximate surface area is 120 Å². The van der Waals surface area contributed by atoms with E-state index in [9.17, 15) is 9.90 Å². The molecular formula is C15H24N2O3. The SMILES string of the molecule is COCCC(C)(O)CNC(=O)c1ccc(N(C)C)cc1. The van der Waals surface area contributed by atoms with Crippen molar-refractivity contribution in [2.75, 3.05) is 39.3 Å². The highest BCUT2D eigenvalue weighted by molar-refractivity contribution is 5.94. The van der Waals surface area contributed by atoms with E-state index in [0.29, 0.717) is 18.6 Å². The molecule has 5 nitrogen and oxygen atoms in total. The fourth-order valence-corrected chi connectivity index (χ4v) is 1.69. The fraction of sp³-hybridized carbons (Fsp3) is 0.533. The molecule has 0 radical (unpaired) electrons. The number of nitrogens with one attached hydrogen (secondary N) is 1. The number of benzene rings is 1. The first-order valence-electron chi connectivity index (χ1n) is 6.62. The standard InChI is InChI=1S/C15H24N2O3/c1-15(19,9-10-20-4)11-16-14(18)12-5-7-13(8-6-12)17(2)3/h5-8,19H,9-11H2,1-4H3,(H,16,18).